The maximum Gasteiger partial charge on any atom is 0.202 e. The van der Waals surface area contributed by atoms with E-state index in [2.05, 4.69) is 0 Å². The molecule has 0 bridgehead atoms. The molecule has 4 atom stereocenters. The number of aliphatic hydroxyl groups excluding tert-OH is 3. The first-order valence-electron chi connectivity index (χ1n) is 6.95. The molecule has 3 N–H and O–H groups in total. The second kappa shape index (κ2) is 5.99. The summed E-state index contributed by atoms with van der Waals surface area (Å²) >= 11 is 0. The van der Waals surface area contributed by atoms with Crippen LogP contribution in [-0.4, -0.2) is 46.5 Å². The first-order valence-corrected chi connectivity index (χ1v) is 6.95. The molecule has 5 heteroatoms. The van der Waals surface area contributed by atoms with Crippen molar-refractivity contribution in [1.82, 2.24) is 0 Å². The Morgan fingerprint density at radius 2 is 1.86 bits per heavy atom. The van der Waals surface area contributed by atoms with E-state index in [-0.39, 0.29) is 13.0 Å². The van der Waals surface area contributed by atoms with Crippen molar-refractivity contribution in [3.05, 3.63) is 42.5 Å². The van der Waals surface area contributed by atoms with Crippen molar-refractivity contribution in [2.45, 2.75) is 31.0 Å². The highest BCUT2D eigenvalue weighted by Gasteiger charge is 2.37. The molecule has 3 rings (SSSR count). The number of hydrogen-bond acceptors (Lipinski definition) is 5. The molecule has 1 aliphatic rings. The average molecular weight is 290 g/mol. The molecule has 2 aromatic rings. The van der Waals surface area contributed by atoms with Crippen molar-refractivity contribution in [3.8, 4) is 5.75 Å². The molecule has 0 spiro atoms. The minimum absolute atomic E-state index is 0.157. The Morgan fingerprint density at radius 3 is 2.62 bits per heavy atom. The van der Waals surface area contributed by atoms with E-state index in [9.17, 15) is 10.2 Å². The summed E-state index contributed by atoms with van der Waals surface area (Å²) in [6.07, 6.45) is -3.43. The van der Waals surface area contributed by atoms with Crippen molar-refractivity contribution in [3.63, 3.8) is 0 Å². The summed E-state index contributed by atoms with van der Waals surface area (Å²) in [5, 5.41) is 30.8. The molecule has 1 saturated heterocycles. The molecule has 21 heavy (non-hydrogen) atoms. The Labute approximate surface area is 122 Å². The summed E-state index contributed by atoms with van der Waals surface area (Å²) in [6.45, 7) is -0.365. The van der Waals surface area contributed by atoms with Crippen LogP contribution in [0.5, 0.6) is 5.75 Å². The Kier molecular flexibility index (Phi) is 4.07. The fourth-order valence-corrected chi connectivity index (χ4v) is 2.53. The standard InChI is InChI=1S/C16H18O5/c17-9-14-16(19)13(18)8-15(21-14)20-12-6-5-10-3-1-2-4-11(10)7-12/h1-7,13-19H,8-9H2/t13-,14-,15+,16-/m1/s1. The summed E-state index contributed by atoms with van der Waals surface area (Å²) < 4.78 is 11.2. The van der Waals surface area contributed by atoms with Crippen LogP contribution in [0.15, 0.2) is 42.5 Å². The van der Waals surface area contributed by atoms with Crippen molar-refractivity contribution in [2.24, 2.45) is 0 Å². The van der Waals surface area contributed by atoms with Gasteiger partial charge in [-0.25, -0.2) is 0 Å². The first-order chi connectivity index (χ1) is 10.2. The Bertz CT molecular complexity index is 614. The molecule has 2 aromatic carbocycles. The third kappa shape index (κ3) is 3.01. The zero-order valence-electron chi connectivity index (χ0n) is 11.4. The highest BCUT2D eigenvalue weighted by atomic mass is 16.7. The topological polar surface area (TPSA) is 79.2 Å². The van der Waals surface area contributed by atoms with Gasteiger partial charge < -0.3 is 24.8 Å². The lowest BCUT2D eigenvalue weighted by Gasteiger charge is -2.36. The third-order valence-electron chi connectivity index (χ3n) is 3.70. The summed E-state index contributed by atoms with van der Waals surface area (Å²) in [5.74, 6) is 0.624. The van der Waals surface area contributed by atoms with Crippen LogP contribution in [-0.2, 0) is 4.74 Å². The molecule has 1 fully saturated rings. The van der Waals surface area contributed by atoms with Gasteiger partial charge in [0.25, 0.3) is 0 Å². The van der Waals surface area contributed by atoms with Crippen molar-refractivity contribution < 1.29 is 24.8 Å². The second-order valence-corrected chi connectivity index (χ2v) is 5.21. The van der Waals surface area contributed by atoms with Crippen LogP contribution < -0.4 is 4.74 Å². The monoisotopic (exact) mass is 290 g/mol. The Balaban J connectivity index is 1.75. The van der Waals surface area contributed by atoms with Gasteiger partial charge in [0.05, 0.1) is 12.7 Å². The van der Waals surface area contributed by atoms with Crippen LogP contribution in [0.2, 0.25) is 0 Å². The molecule has 0 aliphatic carbocycles. The molecule has 0 aromatic heterocycles. The molecule has 0 unspecified atom stereocenters. The van der Waals surface area contributed by atoms with E-state index >= 15 is 0 Å². The molecular weight excluding hydrogens is 272 g/mol. The molecule has 112 valence electrons. The molecule has 0 saturated carbocycles. The minimum Gasteiger partial charge on any atom is -0.465 e. The number of aliphatic hydroxyl groups is 3. The lowest BCUT2D eigenvalue weighted by Crippen LogP contribution is -2.51. The maximum atomic E-state index is 9.78. The summed E-state index contributed by atoms with van der Waals surface area (Å²) in [6, 6.07) is 13.6. The molecule has 1 heterocycles. The largest absolute Gasteiger partial charge is 0.465 e. The minimum atomic E-state index is -1.09. The highest BCUT2D eigenvalue weighted by molar-refractivity contribution is 5.83. The van der Waals surface area contributed by atoms with E-state index in [4.69, 9.17) is 14.6 Å². The third-order valence-corrected chi connectivity index (χ3v) is 3.70. The van der Waals surface area contributed by atoms with Gasteiger partial charge in [-0.1, -0.05) is 30.3 Å². The number of benzene rings is 2. The number of rotatable bonds is 3. The quantitative estimate of drug-likeness (QED) is 0.787. The molecule has 5 nitrogen and oxygen atoms in total. The van der Waals surface area contributed by atoms with Gasteiger partial charge in [-0.05, 0) is 22.9 Å². The zero-order valence-corrected chi connectivity index (χ0v) is 11.4. The van der Waals surface area contributed by atoms with Gasteiger partial charge in [-0.2, -0.15) is 0 Å². The van der Waals surface area contributed by atoms with Crippen LogP contribution in [0.3, 0.4) is 0 Å². The van der Waals surface area contributed by atoms with Gasteiger partial charge in [0.1, 0.15) is 18.0 Å². The van der Waals surface area contributed by atoms with E-state index in [0.29, 0.717) is 5.75 Å². The predicted octanol–water partition coefficient (Wildman–Crippen LogP) is 1.05. The molecule has 1 aliphatic heterocycles. The van der Waals surface area contributed by atoms with E-state index in [1.165, 1.54) is 0 Å². The van der Waals surface area contributed by atoms with Gasteiger partial charge in [0.2, 0.25) is 6.29 Å². The van der Waals surface area contributed by atoms with E-state index < -0.39 is 24.6 Å². The van der Waals surface area contributed by atoms with Gasteiger partial charge in [0.15, 0.2) is 0 Å². The lowest BCUT2D eigenvalue weighted by atomic mass is 10.0. The fourth-order valence-electron chi connectivity index (χ4n) is 2.53. The smallest absolute Gasteiger partial charge is 0.202 e. The predicted molar refractivity (Wildman–Crippen MR) is 77.0 cm³/mol. The summed E-state index contributed by atoms with van der Waals surface area (Å²) in [4.78, 5) is 0. The van der Waals surface area contributed by atoms with Gasteiger partial charge in [0, 0.05) is 6.42 Å². The van der Waals surface area contributed by atoms with Crippen molar-refractivity contribution >= 4 is 10.8 Å². The van der Waals surface area contributed by atoms with Crippen LogP contribution in [0.4, 0.5) is 0 Å². The van der Waals surface area contributed by atoms with Gasteiger partial charge >= 0.3 is 0 Å². The summed E-state index contributed by atoms with van der Waals surface area (Å²) in [5.41, 5.74) is 0. The highest BCUT2D eigenvalue weighted by Crippen LogP contribution is 2.26. The van der Waals surface area contributed by atoms with Crippen LogP contribution in [0.25, 0.3) is 10.8 Å². The average Bonchev–Trinajstić information content (AvgIpc) is 2.50. The number of fused-ring (bicyclic) bond motifs is 1. The normalized spacial score (nSPS) is 29.5. The molecule has 0 amide bonds. The number of ether oxygens (including phenoxy) is 2. The SMILES string of the molecule is OC[C@H]1O[C@H](Oc2ccc3ccccc3c2)C[C@@H](O)[C@H]1O. The van der Waals surface area contributed by atoms with Gasteiger partial charge in [-0.3, -0.25) is 0 Å². The first kappa shape index (κ1) is 14.3. The van der Waals surface area contributed by atoms with Gasteiger partial charge in [-0.15, -0.1) is 0 Å². The summed E-state index contributed by atoms with van der Waals surface area (Å²) in [7, 11) is 0. The van der Waals surface area contributed by atoms with Crippen LogP contribution in [0.1, 0.15) is 6.42 Å². The van der Waals surface area contributed by atoms with E-state index in [1.807, 2.05) is 42.5 Å². The molecule has 0 radical (unpaired) electrons. The lowest BCUT2D eigenvalue weighted by molar-refractivity contribution is -0.229. The zero-order chi connectivity index (χ0) is 14.8. The van der Waals surface area contributed by atoms with E-state index in [1.54, 1.807) is 0 Å². The molecular formula is C16H18O5. The van der Waals surface area contributed by atoms with Crippen molar-refractivity contribution in [1.29, 1.82) is 0 Å². The van der Waals surface area contributed by atoms with E-state index in [0.717, 1.165) is 10.8 Å². The second-order valence-electron chi connectivity index (χ2n) is 5.21. The van der Waals surface area contributed by atoms with Crippen LogP contribution >= 0.6 is 0 Å². The Hall–Kier alpha value is -1.66. The number of hydrogen-bond donors (Lipinski definition) is 3. The fraction of sp³-hybridized carbons (Fsp3) is 0.375. The maximum absolute atomic E-state index is 9.78. The van der Waals surface area contributed by atoms with Crippen LogP contribution in [0, 0.1) is 0 Å². The Morgan fingerprint density at radius 1 is 1.10 bits per heavy atom. The van der Waals surface area contributed by atoms with Crippen molar-refractivity contribution in [2.75, 3.05) is 6.61 Å².